The van der Waals surface area contributed by atoms with Crippen LogP contribution >= 0.6 is 0 Å². The Morgan fingerprint density at radius 1 is 1.15 bits per heavy atom. The van der Waals surface area contributed by atoms with Crippen LogP contribution in [0.5, 0.6) is 0 Å². The van der Waals surface area contributed by atoms with Crippen molar-refractivity contribution in [3.8, 4) is 0 Å². The highest BCUT2D eigenvalue weighted by molar-refractivity contribution is 7.89. The van der Waals surface area contributed by atoms with E-state index in [0.29, 0.717) is 43.7 Å². The van der Waals surface area contributed by atoms with Crippen molar-refractivity contribution in [2.75, 3.05) is 26.2 Å². The van der Waals surface area contributed by atoms with Crippen LogP contribution in [0.2, 0.25) is 0 Å². The lowest BCUT2D eigenvalue weighted by molar-refractivity contribution is 0.266. The van der Waals surface area contributed by atoms with Gasteiger partial charge in [0.1, 0.15) is 10.6 Å². The zero-order chi connectivity index (χ0) is 18.3. The van der Waals surface area contributed by atoms with Gasteiger partial charge in [-0.15, -0.1) is 5.10 Å². The molecular weight excluding hydrogens is 358 g/mol. The van der Waals surface area contributed by atoms with Gasteiger partial charge in [-0.3, -0.25) is 4.90 Å². The first-order chi connectivity index (χ1) is 12.5. The third-order valence-corrected chi connectivity index (χ3v) is 7.08. The molecule has 2 fully saturated rings. The maximum absolute atomic E-state index is 13.0. The molecule has 1 saturated carbocycles. The van der Waals surface area contributed by atoms with Crippen molar-refractivity contribution in [1.82, 2.24) is 34.6 Å². The van der Waals surface area contributed by atoms with Crippen LogP contribution in [0.1, 0.15) is 42.6 Å². The zero-order valence-electron chi connectivity index (χ0n) is 15.0. The van der Waals surface area contributed by atoms with Gasteiger partial charge in [-0.25, -0.2) is 13.1 Å². The summed E-state index contributed by atoms with van der Waals surface area (Å²) < 4.78 is 34.5. The van der Waals surface area contributed by atoms with E-state index in [2.05, 4.69) is 25.6 Å². The molecule has 2 aliphatic rings. The predicted molar refractivity (Wildman–Crippen MR) is 90.7 cm³/mol. The summed E-state index contributed by atoms with van der Waals surface area (Å²) >= 11 is 0. The fourth-order valence-electron chi connectivity index (χ4n) is 3.44. The second kappa shape index (κ2) is 6.71. The van der Waals surface area contributed by atoms with Crippen LogP contribution in [0, 0.1) is 13.8 Å². The second-order valence-electron chi connectivity index (χ2n) is 6.96. The minimum atomic E-state index is -3.60. The lowest BCUT2D eigenvalue weighted by atomic mass is 10.4. The van der Waals surface area contributed by atoms with Gasteiger partial charge in [0.2, 0.25) is 10.0 Å². The van der Waals surface area contributed by atoms with Crippen molar-refractivity contribution in [2.24, 2.45) is 0 Å². The Morgan fingerprint density at radius 3 is 2.65 bits per heavy atom. The zero-order valence-corrected chi connectivity index (χ0v) is 15.8. The first-order valence-electron chi connectivity index (χ1n) is 8.89. The van der Waals surface area contributed by atoms with Crippen LogP contribution in [0.4, 0.5) is 0 Å². The predicted octanol–water partition coefficient (Wildman–Crippen LogP) is 0.509. The van der Waals surface area contributed by atoms with Gasteiger partial charge in [0.15, 0.2) is 11.6 Å². The molecule has 142 valence electrons. The lowest BCUT2D eigenvalue weighted by Crippen LogP contribution is -2.35. The van der Waals surface area contributed by atoms with Crippen LogP contribution in [-0.2, 0) is 16.6 Å². The van der Waals surface area contributed by atoms with Crippen molar-refractivity contribution in [2.45, 2.75) is 50.6 Å². The molecule has 0 spiro atoms. The summed E-state index contributed by atoms with van der Waals surface area (Å²) in [5.74, 6) is 1.20. The average molecular weight is 381 g/mol. The van der Waals surface area contributed by atoms with Gasteiger partial charge in [-0.1, -0.05) is 5.16 Å². The van der Waals surface area contributed by atoms with Crippen molar-refractivity contribution >= 4 is 10.0 Å². The second-order valence-corrected chi connectivity index (χ2v) is 8.83. The highest BCUT2D eigenvalue weighted by Crippen LogP contribution is 2.34. The van der Waals surface area contributed by atoms with Crippen LogP contribution < -0.4 is 0 Å². The van der Waals surface area contributed by atoms with Crippen molar-refractivity contribution in [3.63, 3.8) is 0 Å². The Hall–Kier alpha value is -1.85. The highest BCUT2D eigenvalue weighted by Gasteiger charge is 2.33. The van der Waals surface area contributed by atoms with E-state index >= 15 is 0 Å². The molecule has 0 bridgehead atoms. The molecule has 4 rings (SSSR count). The number of nitrogens with zero attached hydrogens (tertiary/aromatic N) is 7. The monoisotopic (exact) mass is 381 g/mol. The smallest absolute Gasteiger partial charge is 0.248 e. The third-order valence-electron chi connectivity index (χ3n) is 4.93. The molecule has 3 heterocycles. The number of aromatic nitrogens is 5. The van der Waals surface area contributed by atoms with E-state index in [1.165, 1.54) is 4.31 Å². The van der Waals surface area contributed by atoms with E-state index in [-0.39, 0.29) is 4.90 Å². The standard InChI is InChI=1S/C15H23N7O3S/c1-11-15(12(2)25-17-11)26(23,24)21-7-3-6-20(8-9-21)10-14-16-18-19-22(14)13-4-5-13/h13H,3-10H2,1-2H3. The van der Waals surface area contributed by atoms with Gasteiger partial charge < -0.3 is 4.52 Å². The van der Waals surface area contributed by atoms with Gasteiger partial charge in [0.05, 0.1) is 12.6 Å². The lowest BCUT2D eigenvalue weighted by Gasteiger charge is -2.21. The molecule has 26 heavy (non-hydrogen) atoms. The summed E-state index contributed by atoms with van der Waals surface area (Å²) in [5.41, 5.74) is 0.409. The number of hydrogen-bond acceptors (Lipinski definition) is 8. The fraction of sp³-hybridized carbons (Fsp3) is 0.733. The average Bonchev–Trinajstić information content (AvgIpc) is 3.30. The maximum atomic E-state index is 13.0. The van der Waals surface area contributed by atoms with E-state index in [0.717, 1.165) is 31.6 Å². The molecule has 0 N–H and O–H groups in total. The van der Waals surface area contributed by atoms with E-state index in [1.54, 1.807) is 13.8 Å². The molecule has 1 aliphatic carbocycles. The van der Waals surface area contributed by atoms with E-state index < -0.39 is 10.0 Å². The SMILES string of the molecule is Cc1noc(C)c1S(=O)(=O)N1CCCN(Cc2nnnn2C2CC2)CC1. The van der Waals surface area contributed by atoms with Crippen LogP contribution in [-0.4, -0.2) is 69.2 Å². The van der Waals surface area contributed by atoms with E-state index in [1.807, 2.05) is 4.68 Å². The molecule has 0 amide bonds. The van der Waals surface area contributed by atoms with Gasteiger partial charge in [-0.05, 0) is 50.1 Å². The Balaban J connectivity index is 1.45. The highest BCUT2D eigenvalue weighted by atomic mass is 32.2. The van der Waals surface area contributed by atoms with Crippen LogP contribution in [0.25, 0.3) is 0 Å². The first-order valence-corrected chi connectivity index (χ1v) is 10.3. The first kappa shape index (κ1) is 17.6. The molecule has 1 aliphatic heterocycles. The summed E-state index contributed by atoms with van der Waals surface area (Å²) in [6, 6.07) is 0.434. The van der Waals surface area contributed by atoms with Crippen molar-refractivity contribution in [3.05, 3.63) is 17.3 Å². The minimum Gasteiger partial charge on any atom is -0.360 e. The molecule has 0 aromatic carbocycles. The molecular formula is C15H23N7O3S. The van der Waals surface area contributed by atoms with Gasteiger partial charge >= 0.3 is 0 Å². The molecule has 11 heteroatoms. The molecule has 10 nitrogen and oxygen atoms in total. The summed E-state index contributed by atoms with van der Waals surface area (Å²) in [5, 5.41) is 15.8. The van der Waals surface area contributed by atoms with Gasteiger partial charge in [0.25, 0.3) is 0 Å². The molecule has 1 saturated heterocycles. The van der Waals surface area contributed by atoms with E-state index in [9.17, 15) is 8.42 Å². The van der Waals surface area contributed by atoms with Gasteiger partial charge in [-0.2, -0.15) is 4.31 Å². The van der Waals surface area contributed by atoms with Crippen molar-refractivity contribution in [1.29, 1.82) is 0 Å². The number of hydrogen-bond donors (Lipinski definition) is 0. The molecule has 2 aromatic rings. The topological polar surface area (TPSA) is 110 Å². The summed E-state index contributed by atoms with van der Waals surface area (Å²) in [6.07, 6.45) is 3.01. The van der Waals surface area contributed by atoms with Crippen LogP contribution in [0.3, 0.4) is 0 Å². The maximum Gasteiger partial charge on any atom is 0.248 e. The van der Waals surface area contributed by atoms with E-state index in [4.69, 9.17) is 4.52 Å². The van der Waals surface area contributed by atoms with Crippen molar-refractivity contribution < 1.29 is 12.9 Å². The number of sulfonamides is 1. The summed E-state index contributed by atoms with van der Waals surface area (Å²) in [6.45, 7) is 6.29. The molecule has 2 aromatic heterocycles. The largest absolute Gasteiger partial charge is 0.360 e. The van der Waals surface area contributed by atoms with Gasteiger partial charge in [0, 0.05) is 19.6 Å². The quantitative estimate of drug-likeness (QED) is 0.737. The Bertz CT molecular complexity index is 867. The number of aryl methyl sites for hydroxylation is 2. The Kier molecular flexibility index (Phi) is 4.53. The summed E-state index contributed by atoms with van der Waals surface area (Å²) in [7, 11) is -3.60. The Morgan fingerprint density at radius 2 is 1.96 bits per heavy atom. The molecule has 0 unspecified atom stereocenters. The fourth-order valence-corrected chi connectivity index (χ4v) is 5.20. The summed E-state index contributed by atoms with van der Waals surface area (Å²) in [4.78, 5) is 2.41. The number of rotatable bonds is 5. The molecule has 0 radical (unpaired) electrons. The number of tetrazole rings is 1. The minimum absolute atomic E-state index is 0.198. The molecule has 0 atom stereocenters. The normalized spacial score (nSPS) is 20.4. The Labute approximate surface area is 152 Å². The third kappa shape index (κ3) is 3.26. The van der Waals surface area contributed by atoms with Crippen LogP contribution in [0.15, 0.2) is 9.42 Å².